The number of carbonyl (C=O) groups excluding carboxylic acids is 1. The van der Waals surface area contributed by atoms with Gasteiger partial charge in [0.05, 0.1) is 12.5 Å². The van der Waals surface area contributed by atoms with Crippen LogP contribution in [0.5, 0.6) is 0 Å². The van der Waals surface area contributed by atoms with Gasteiger partial charge in [-0.2, -0.15) is 0 Å². The molecule has 0 fully saturated rings. The first kappa shape index (κ1) is 19.9. The Kier molecular flexibility index (Phi) is 10.0. The molecule has 2 atom stereocenters. The maximum atomic E-state index is 12.0. The summed E-state index contributed by atoms with van der Waals surface area (Å²) >= 11 is 0. The first-order chi connectivity index (χ1) is 9.76. The molecule has 0 saturated carbocycles. The van der Waals surface area contributed by atoms with Gasteiger partial charge in [0.15, 0.2) is 0 Å². The fourth-order valence-electron chi connectivity index (χ4n) is 2.20. The van der Waals surface area contributed by atoms with Crippen LogP contribution in [0.3, 0.4) is 0 Å². The van der Waals surface area contributed by atoms with Crippen LogP contribution >= 0.6 is 0 Å². The molecule has 5 nitrogen and oxygen atoms in total. The maximum Gasteiger partial charge on any atom is 0.307 e. The lowest BCUT2D eigenvalue weighted by atomic mass is 10.0. The topological polar surface area (TPSA) is 69.6 Å². The summed E-state index contributed by atoms with van der Waals surface area (Å²) in [6, 6.07) is 0.173. The Labute approximate surface area is 129 Å². The van der Waals surface area contributed by atoms with Crippen LogP contribution in [0.1, 0.15) is 53.9 Å². The van der Waals surface area contributed by atoms with E-state index in [2.05, 4.69) is 19.2 Å². The van der Waals surface area contributed by atoms with Crippen LogP contribution < -0.4 is 5.32 Å². The van der Waals surface area contributed by atoms with Gasteiger partial charge in [0.2, 0.25) is 5.91 Å². The van der Waals surface area contributed by atoms with Crippen molar-refractivity contribution in [2.75, 3.05) is 19.6 Å². The second-order valence-corrected chi connectivity index (χ2v) is 6.36. The van der Waals surface area contributed by atoms with Gasteiger partial charge in [0.1, 0.15) is 0 Å². The molecule has 0 aromatic carbocycles. The molecule has 0 radical (unpaired) electrons. The summed E-state index contributed by atoms with van der Waals surface area (Å²) in [4.78, 5) is 24.7. The lowest BCUT2D eigenvalue weighted by Gasteiger charge is -2.23. The molecule has 0 aliphatic rings. The van der Waals surface area contributed by atoms with E-state index < -0.39 is 11.9 Å². The molecule has 2 unspecified atom stereocenters. The molecule has 1 amide bonds. The Hall–Kier alpha value is -1.10. The molecule has 0 aromatic rings. The molecular weight excluding hydrogens is 268 g/mol. The fraction of sp³-hybridized carbons (Fsp3) is 0.875. The van der Waals surface area contributed by atoms with Crippen molar-refractivity contribution >= 4 is 11.9 Å². The maximum absolute atomic E-state index is 12.0. The fourth-order valence-corrected chi connectivity index (χ4v) is 2.20. The van der Waals surface area contributed by atoms with Crippen LogP contribution in [0.4, 0.5) is 0 Å². The monoisotopic (exact) mass is 300 g/mol. The normalized spacial score (nSPS) is 14.2. The van der Waals surface area contributed by atoms with Gasteiger partial charge in [-0.25, -0.2) is 0 Å². The van der Waals surface area contributed by atoms with Gasteiger partial charge in [-0.05, 0) is 25.8 Å². The largest absolute Gasteiger partial charge is 0.481 e. The van der Waals surface area contributed by atoms with E-state index >= 15 is 0 Å². The molecule has 2 N–H and O–H groups in total. The molecule has 0 rings (SSSR count). The van der Waals surface area contributed by atoms with E-state index in [0.717, 1.165) is 12.8 Å². The van der Waals surface area contributed by atoms with Crippen LogP contribution in [0.25, 0.3) is 0 Å². The van der Waals surface area contributed by atoms with Gasteiger partial charge in [-0.1, -0.05) is 40.5 Å². The molecule has 5 heteroatoms. The third-order valence-corrected chi connectivity index (χ3v) is 3.59. The zero-order valence-electron chi connectivity index (χ0n) is 14.2. The quantitative estimate of drug-likeness (QED) is 0.614. The van der Waals surface area contributed by atoms with E-state index in [0.29, 0.717) is 19.0 Å². The van der Waals surface area contributed by atoms with Crippen molar-refractivity contribution in [1.82, 2.24) is 10.2 Å². The average molecular weight is 300 g/mol. The standard InChI is InChI=1S/C16H32N2O3/c1-6-18(10-13(4)16(20)21)11-15(19)17-14(5)9-7-8-12(2)3/h12-14H,6-11H2,1-5H3,(H,17,19)(H,20,21). The van der Waals surface area contributed by atoms with Crippen LogP contribution in [0, 0.1) is 11.8 Å². The summed E-state index contributed by atoms with van der Waals surface area (Å²) in [6.07, 6.45) is 3.28. The first-order valence-electron chi connectivity index (χ1n) is 8.00. The highest BCUT2D eigenvalue weighted by Gasteiger charge is 2.17. The second-order valence-electron chi connectivity index (χ2n) is 6.36. The summed E-state index contributed by atoms with van der Waals surface area (Å²) in [5.41, 5.74) is 0. The van der Waals surface area contributed by atoms with E-state index in [1.54, 1.807) is 6.92 Å². The molecule has 0 saturated heterocycles. The second kappa shape index (κ2) is 10.6. The van der Waals surface area contributed by atoms with Gasteiger partial charge in [-0.15, -0.1) is 0 Å². The van der Waals surface area contributed by atoms with E-state index in [1.165, 1.54) is 6.42 Å². The van der Waals surface area contributed by atoms with Gasteiger partial charge >= 0.3 is 5.97 Å². The number of carbonyl (C=O) groups is 2. The van der Waals surface area contributed by atoms with Crippen molar-refractivity contribution in [2.24, 2.45) is 11.8 Å². The summed E-state index contributed by atoms with van der Waals surface area (Å²) in [6.45, 7) is 11.4. The lowest BCUT2D eigenvalue weighted by molar-refractivity contribution is -0.142. The summed E-state index contributed by atoms with van der Waals surface area (Å²) in [5, 5.41) is 11.9. The molecule has 0 spiro atoms. The molecule has 0 aliphatic carbocycles. The number of nitrogens with zero attached hydrogens (tertiary/aromatic N) is 1. The average Bonchev–Trinajstić information content (AvgIpc) is 2.36. The minimum Gasteiger partial charge on any atom is -0.481 e. The van der Waals surface area contributed by atoms with Crippen LogP contribution in [-0.2, 0) is 9.59 Å². The highest BCUT2D eigenvalue weighted by molar-refractivity contribution is 5.78. The van der Waals surface area contributed by atoms with Gasteiger partial charge in [0, 0.05) is 12.6 Å². The lowest BCUT2D eigenvalue weighted by Crippen LogP contribution is -2.43. The smallest absolute Gasteiger partial charge is 0.307 e. The number of carboxylic acid groups (broad SMARTS) is 1. The summed E-state index contributed by atoms with van der Waals surface area (Å²) < 4.78 is 0. The summed E-state index contributed by atoms with van der Waals surface area (Å²) in [7, 11) is 0. The van der Waals surface area contributed by atoms with Gasteiger partial charge < -0.3 is 10.4 Å². The zero-order chi connectivity index (χ0) is 16.4. The van der Waals surface area contributed by atoms with Crippen LogP contribution in [0.15, 0.2) is 0 Å². The molecule has 0 bridgehead atoms. The Morgan fingerprint density at radius 2 is 1.76 bits per heavy atom. The number of hydrogen-bond acceptors (Lipinski definition) is 3. The van der Waals surface area contributed by atoms with Crippen molar-refractivity contribution < 1.29 is 14.7 Å². The van der Waals surface area contributed by atoms with Gasteiger partial charge in [0.25, 0.3) is 0 Å². The van der Waals surface area contributed by atoms with Crippen molar-refractivity contribution in [3.05, 3.63) is 0 Å². The summed E-state index contributed by atoms with van der Waals surface area (Å²) in [5.74, 6) is -0.607. The number of carboxylic acids is 1. The molecule has 0 aliphatic heterocycles. The van der Waals surface area contributed by atoms with E-state index in [4.69, 9.17) is 5.11 Å². The SMILES string of the molecule is CCN(CC(=O)NC(C)CCCC(C)C)CC(C)C(=O)O. The highest BCUT2D eigenvalue weighted by atomic mass is 16.4. The Bertz CT molecular complexity index is 319. The molecule has 0 aromatic heterocycles. The Morgan fingerprint density at radius 3 is 2.24 bits per heavy atom. The van der Waals surface area contributed by atoms with E-state index in [-0.39, 0.29) is 18.5 Å². The Balaban J connectivity index is 4.06. The predicted octanol–water partition coefficient (Wildman–Crippen LogP) is 2.36. The van der Waals surface area contributed by atoms with Crippen molar-refractivity contribution in [3.8, 4) is 0 Å². The zero-order valence-corrected chi connectivity index (χ0v) is 14.2. The number of amides is 1. The van der Waals surface area contributed by atoms with E-state index in [1.807, 2.05) is 18.7 Å². The molecule has 0 heterocycles. The van der Waals surface area contributed by atoms with Crippen LogP contribution in [0.2, 0.25) is 0 Å². The molecular formula is C16H32N2O3. The van der Waals surface area contributed by atoms with Crippen molar-refractivity contribution in [1.29, 1.82) is 0 Å². The number of likely N-dealkylation sites (N-methyl/N-ethyl adjacent to an activating group) is 1. The highest BCUT2D eigenvalue weighted by Crippen LogP contribution is 2.08. The van der Waals surface area contributed by atoms with E-state index in [9.17, 15) is 9.59 Å². The number of rotatable bonds is 11. The number of nitrogens with one attached hydrogen (secondary N) is 1. The number of hydrogen-bond donors (Lipinski definition) is 2. The Morgan fingerprint density at radius 1 is 1.14 bits per heavy atom. The number of aliphatic carboxylic acids is 1. The van der Waals surface area contributed by atoms with Crippen molar-refractivity contribution in [3.63, 3.8) is 0 Å². The minimum absolute atomic E-state index is 0.0218. The molecule has 124 valence electrons. The minimum atomic E-state index is -0.823. The first-order valence-corrected chi connectivity index (χ1v) is 8.00. The van der Waals surface area contributed by atoms with Crippen LogP contribution in [-0.4, -0.2) is 47.6 Å². The third-order valence-electron chi connectivity index (χ3n) is 3.59. The van der Waals surface area contributed by atoms with Gasteiger partial charge in [-0.3, -0.25) is 14.5 Å². The predicted molar refractivity (Wildman–Crippen MR) is 85.2 cm³/mol. The van der Waals surface area contributed by atoms with Crippen molar-refractivity contribution in [2.45, 2.75) is 59.9 Å². The molecule has 21 heavy (non-hydrogen) atoms. The third kappa shape index (κ3) is 10.3.